The van der Waals surface area contributed by atoms with Crippen LogP contribution in [0.25, 0.3) is 11.3 Å². The lowest BCUT2D eigenvalue weighted by Crippen LogP contribution is -2.03. The van der Waals surface area contributed by atoms with Crippen LogP contribution in [0.5, 0.6) is 11.5 Å². The third-order valence-corrected chi connectivity index (χ3v) is 4.80. The number of hydrazone groups is 1. The number of nitrogens with one attached hydrogen (secondary N) is 1. The van der Waals surface area contributed by atoms with E-state index in [9.17, 15) is 0 Å². The van der Waals surface area contributed by atoms with Crippen molar-refractivity contribution in [3.8, 4) is 22.8 Å². The van der Waals surface area contributed by atoms with Crippen LogP contribution < -0.4 is 14.9 Å². The summed E-state index contributed by atoms with van der Waals surface area (Å²) in [6.45, 7) is 8.90. The van der Waals surface area contributed by atoms with Gasteiger partial charge in [-0.05, 0) is 38.0 Å². The van der Waals surface area contributed by atoms with Crippen LogP contribution in [0.2, 0.25) is 0 Å². The van der Waals surface area contributed by atoms with Crippen molar-refractivity contribution >= 4 is 22.7 Å². The highest BCUT2D eigenvalue weighted by molar-refractivity contribution is 7.14. The number of rotatable bonds is 10. The summed E-state index contributed by atoms with van der Waals surface area (Å²) in [5.74, 6) is 1.49. The number of thiazole rings is 1. The summed E-state index contributed by atoms with van der Waals surface area (Å²) in [5, 5.41) is 7.10. The van der Waals surface area contributed by atoms with Crippen LogP contribution in [0.4, 0.5) is 5.13 Å². The van der Waals surface area contributed by atoms with Crippen molar-refractivity contribution in [3.63, 3.8) is 0 Å². The molecule has 5 nitrogen and oxygen atoms in total. The molecule has 2 aromatic carbocycles. The van der Waals surface area contributed by atoms with Crippen molar-refractivity contribution in [2.75, 3.05) is 18.6 Å². The first-order chi connectivity index (χ1) is 14.2. The number of nitrogens with zero attached hydrogens (tertiary/aromatic N) is 2. The Kier molecular flexibility index (Phi) is 7.41. The molecular formula is C23H25N3O2S. The molecule has 0 unspecified atom stereocenters. The highest BCUT2D eigenvalue weighted by atomic mass is 32.1. The minimum absolute atomic E-state index is 0.563. The molecule has 1 aromatic heterocycles. The van der Waals surface area contributed by atoms with Gasteiger partial charge >= 0.3 is 0 Å². The summed E-state index contributed by atoms with van der Waals surface area (Å²) >= 11 is 1.52. The molecule has 0 saturated heterocycles. The fourth-order valence-electron chi connectivity index (χ4n) is 2.86. The highest BCUT2D eigenvalue weighted by Crippen LogP contribution is 2.33. The maximum atomic E-state index is 5.81. The molecule has 0 saturated carbocycles. The van der Waals surface area contributed by atoms with E-state index in [0.29, 0.717) is 19.6 Å². The number of ether oxygens (including phenoxy) is 2. The summed E-state index contributed by atoms with van der Waals surface area (Å²) in [5.41, 5.74) is 6.97. The normalized spacial score (nSPS) is 10.8. The van der Waals surface area contributed by atoms with Gasteiger partial charge in [-0.25, -0.2) is 4.98 Å². The first-order valence-electron chi connectivity index (χ1n) is 9.58. The lowest BCUT2D eigenvalue weighted by atomic mass is 10.1. The zero-order valence-electron chi connectivity index (χ0n) is 16.7. The monoisotopic (exact) mass is 407 g/mol. The Labute approximate surface area is 175 Å². The molecule has 0 radical (unpaired) electrons. The Morgan fingerprint density at radius 1 is 1.14 bits per heavy atom. The van der Waals surface area contributed by atoms with Crippen molar-refractivity contribution in [3.05, 3.63) is 71.6 Å². The van der Waals surface area contributed by atoms with Gasteiger partial charge in [0.25, 0.3) is 0 Å². The maximum absolute atomic E-state index is 5.81. The second kappa shape index (κ2) is 10.4. The molecule has 29 heavy (non-hydrogen) atoms. The van der Waals surface area contributed by atoms with Crippen molar-refractivity contribution in [2.45, 2.75) is 20.3 Å². The van der Waals surface area contributed by atoms with E-state index in [1.807, 2.05) is 67.8 Å². The topological polar surface area (TPSA) is 55.7 Å². The molecule has 0 aliphatic rings. The molecule has 0 fully saturated rings. The summed E-state index contributed by atoms with van der Waals surface area (Å²) < 4.78 is 11.6. The van der Waals surface area contributed by atoms with Crippen molar-refractivity contribution < 1.29 is 9.47 Å². The second-order valence-corrected chi connectivity index (χ2v) is 7.00. The summed E-state index contributed by atoms with van der Waals surface area (Å²) in [4.78, 5) is 4.58. The van der Waals surface area contributed by atoms with Gasteiger partial charge in [-0.15, -0.1) is 17.9 Å². The largest absolute Gasteiger partial charge is 0.490 e. The van der Waals surface area contributed by atoms with Crippen LogP contribution in [-0.4, -0.2) is 24.4 Å². The molecule has 3 aromatic rings. The average molecular weight is 408 g/mol. The van der Waals surface area contributed by atoms with Crippen LogP contribution in [0.1, 0.15) is 25.0 Å². The Balaban J connectivity index is 1.77. The molecule has 0 atom stereocenters. The summed E-state index contributed by atoms with van der Waals surface area (Å²) in [7, 11) is 0. The minimum Gasteiger partial charge on any atom is -0.490 e. The Hall–Kier alpha value is -3.12. The Bertz CT molecular complexity index is 968. The van der Waals surface area contributed by atoms with E-state index in [1.165, 1.54) is 11.3 Å². The van der Waals surface area contributed by atoms with Gasteiger partial charge in [0, 0.05) is 16.5 Å². The summed E-state index contributed by atoms with van der Waals surface area (Å²) in [6, 6.07) is 14.1. The molecule has 150 valence electrons. The predicted octanol–water partition coefficient (Wildman–Crippen LogP) is 5.78. The van der Waals surface area contributed by atoms with E-state index >= 15 is 0 Å². The number of allylic oxidation sites excluding steroid dienone is 1. The fraction of sp³-hybridized carbons (Fsp3) is 0.217. The van der Waals surface area contributed by atoms with Gasteiger partial charge in [-0.2, -0.15) is 5.10 Å². The van der Waals surface area contributed by atoms with Gasteiger partial charge in [-0.1, -0.05) is 36.4 Å². The van der Waals surface area contributed by atoms with E-state index in [4.69, 9.17) is 9.47 Å². The zero-order valence-corrected chi connectivity index (χ0v) is 17.5. The lowest BCUT2D eigenvalue weighted by molar-refractivity contribution is 0.285. The van der Waals surface area contributed by atoms with Crippen LogP contribution in [0, 0.1) is 0 Å². The van der Waals surface area contributed by atoms with E-state index in [-0.39, 0.29) is 0 Å². The van der Waals surface area contributed by atoms with Gasteiger partial charge < -0.3 is 9.47 Å². The molecule has 1 N–H and O–H groups in total. The van der Waals surface area contributed by atoms with E-state index in [2.05, 4.69) is 22.1 Å². The van der Waals surface area contributed by atoms with Gasteiger partial charge in [0.05, 0.1) is 25.1 Å². The number of hydrogen-bond acceptors (Lipinski definition) is 6. The van der Waals surface area contributed by atoms with Crippen LogP contribution in [0.3, 0.4) is 0 Å². The molecular weight excluding hydrogens is 382 g/mol. The van der Waals surface area contributed by atoms with Crippen LogP contribution in [-0.2, 0) is 6.42 Å². The van der Waals surface area contributed by atoms with Gasteiger partial charge in [-0.3, -0.25) is 5.43 Å². The number of anilines is 1. The average Bonchev–Trinajstić information content (AvgIpc) is 3.20. The number of hydrogen-bond donors (Lipinski definition) is 1. The standard InChI is InChI=1S/C23H25N3O2S/c1-4-10-19-13-17(14-21(27-5-2)22(19)28-6-3)15-24-26-23-25-20(16-29-23)18-11-8-7-9-12-18/h4,7-9,11-16H,1,5-6,10H2,2-3H3,(H,25,26). The van der Waals surface area contributed by atoms with Gasteiger partial charge in [0.15, 0.2) is 11.5 Å². The predicted molar refractivity (Wildman–Crippen MR) is 121 cm³/mol. The molecule has 0 aliphatic heterocycles. The van der Waals surface area contributed by atoms with E-state index < -0.39 is 0 Å². The zero-order chi connectivity index (χ0) is 20.5. The quantitative estimate of drug-likeness (QED) is 0.263. The molecule has 1 heterocycles. The Morgan fingerprint density at radius 2 is 1.93 bits per heavy atom. The lowest BCUT2D eigenvalue weighted by Gasteiger charge is -2.15. The van der Waals surface area contributed by atoms with Crippen molar-refractivity contribution in [2.24, 2.45) is 5.10 Å². The highest BCUT2D eigenvalue weighted by Gasteiger charge is 2.12. The Morgan fingerprint density at radius 3 is 2.66 bits per heavy atom. The SMILES string of the molecule is C=CCc1cc(C=NNc2nc(-c3ccccc3)cs2)cc(OCC)c1OCC. The summed E-state index contributed by atoms with van der Waals surface area (Å²) in [6.07, 6.45) is 4.30. The van der Waals surface area contributed by atoms with Gasteiger partial charge in [0.2, 0.25) is 5.13 Å². The number of benzene rings is 2. The second-order valence-electron chi connectivity index (χ2n) is 6.14. The van der Waals surface area contributed by atoms with E-state index in [1.54, 1.807) is 6.21 Å². The minimum atomic E-state index is 0.563. The molecule has 0 bridgehead atoms. The van der Waals surface area contributed by atoms with Crippen LogP contribution in [0.15, 0.2) is 65.6 Å². The third kappa shape index (κ3) is 5.45. The van der Waals surface area contributed by atoms with Crippen molar-refractivity contribution in [1.82, 2.24) is 4.98 Å². The molecule has 6 heteroatoms. The first-order valence-corrected chi connectivity index (χ1v) is 10.5. The molecule has 0 aliphatic carbocycles. The van der Waals surface area contributed by atoms with Crippen molar-refractivity contribution in [1.29, 1.82) is 0 Å². The van der Waals surface area contributed by atoms with Crippen LogP contribution >= 0.6 is 11.3 Å². The van der Waals surface area contributed by atoms with Gasteiger partial charge in [0.1, 0.15) is 0 Å². The third-order valence-electron chi connectivity index (χ3n) is 4.05. The smallest absolute Gasteiger partial charge is 0.203 e. The molecule has 3 rings (SSSR count). The fourth-order valence-corrected chi connectivity index (χ4v) is 3.53. The molecule has 0 spiro atoms. The maximum Gasteiger partial charge on any atom is 0.203 e. The van der Waals surface area contributed by atoms with E-state index in [0.717, 1.165) is 39.0 Å². The number of aromatic nitrogens is 1. The molecule has 0 amide bonds. The first kappa shape index (κ1) is 20.6.